The molecule has 1 fully saturated rings. The number of halogens is 3. The summed E-state index contributed by atoms with van der Waals surface area (Å²) >= 11 is 12.4. The molecule has 0 spiro atoms. The van der Waals surface area contributed by atoms with E-state index in [1.165, 1.54) is 18.2 Å². The Morgan fingerprint density at radius 3 is 2.69 bits per heavy atom. The number of carbonyl (C=O) groups excluding carboxylic acids is 1. The average molecular weight is 512 g/mol. The number of hydrogen-bond acceptors (Lipinski definition) is 6. The quantitative estimate of drug-likeness (QED) is 0.366. The van der Waals surface area contributed by atoms with Crippen LogP contribution in [0.25, 0.3) is 11.0 Å². The third kappa shape index (κ3) is 5.14. The maximum absolute atomic E-state index is 14.7. The van der Waals surface area contributed by atoms with Crippen molar-refractivity contribution in [2.24, 2.45) is 0 Å². The number of nitrogens with zero attached hydrogens (tertiary/aromatic N) is 3. The molecule has 0 radical (unpaired) electrons. The third-order valence-electron chi connectivity index (χ3n) is 5.55. The minimum absolute atomic E-state index is 0.0684. The molecule has 178 valence electrons. The Kier molecular flexibility index (Phi) is 6.68. The second kappa shape index (κ2) is 10.0. The molecular weight excluding hydrogens is 492 g/mol. The van der Waals surface area contributed by atoms with E-state index in [1.807, 2.05) is 0 Å². The van der Waals surface area contributed by atoms with Crippen LogP contribution in [0.2, 0.25) is 10.0 Å². The maximum Gasteiger partial charge on any atom is 0.255 e. The van der Waals surface area contributed by atoms with Crippen LogP contribution in [0.15, 0.2) is 60.8 Å². The minimum Gasteiger partial charge on any atom is -0.453 e. The first-order valence-electron chi connectivity index (χ1n) is 10.9. The molecule has 0 aliphatic carbocycles. The molecule has 2 N–H and O–H groups in total. The van der Waals surface area contributed by atoms with Gasteiger partial charge in [-0.25, -0.2) is 9.37 Å². The number of carbonyl (C=O) groups is 1. The van der Waals surface area contributed by atoms with Gasteiger partial charge in [-0.2, -0.15) is 0 Å². The highest BCUT2D eigenvalue weighted by Gasteiger charge is 2.18. The van der Waals surface area contributed by atoms with Crippen LogP contribution in [0.4, 0.5) is 15.9 Å². The zero-order valence-electron chi connectivity index (χ0n) is 18.4. The van der Waals surface area contributed by atoms with E-state index in [0.29, 0.717) is 27.4 Å². The molecule has 0 unspecified atom stereocenters. The fraction of sp³-hybridized carbons (Fsp3) is 0.160. The lowest BCUT2D eigenvalue weighted by Crippen LogP contribution is -2.43. The molecule has 1 aliphatic heterocycles. The summed E-state index contributed by atoms with van der Waals surface area (Å²) in [4.78, 5) is 23.9. The van der Waals surface area contributed by atoms with E-state index < -0.39 is 11.7 Å². The fourth-order valence-electron chi connectivity index (χ4n) is 3.76. The Labute approximate surface area is 210 Å². The van der Waals surface area contributed by atoms with Gasteiger partial charge in [-0.15, -0.1) is 0 Å². The van der Waals surface area contributed by atoms with Gasteiger partial charge in [0.2, 0.25) is 0 Å². The Balaban J connectivity index is 1.40. The number of benzene rings is 3. The van der Waals surface area contributed by atoms with Gasteiger partial charge < -0.3 is 20.3 Å². The van der Waals surface area contributed by atoms with Crippen LogP contribution in [0.3, 0.4) is 0 Å². The summed E-state index contributed by atoms with van der Waals surface area (Å²) in [5.74, 6) is -0.208. The van der Waals surface area contributed by atoms with Crippen molar-refractivity contribution in [1.29, 1.82) is 0 Å². The molecule has 35 heavy (non-hydrogen) atoms. The topological polar surface area (TPSA) is 79.4 Å². The first-order chi connectivity index (χ1) is 17.0. The highest BCUT2D eigenvalue weighted by atomic mass is 35.5. The van der Waals surface area contributed by atoms with E-state index >= 15 is 0 Å². The Morgan fingerprint density at radius 1 is 1.06 bits per heavy atom. The van der Waals surface area contributed by atoms with Crippen LogP contribution in [-0.2, 0) is 0 Å². The van der Waals surface area contributed by atoms with Crippen molar-refractivity contribution in [3.8, 4) is 11.5 Å². The van der Waals surface area contributed by atoms with E-state index in [0.717, 1.165) is 32.0 Å². The normalized spacial score (nSPS) is 13.6. The zero-order chi connectivity index (χ0) is 24.4. The number of hydrogen-bond donors (Lipinski definition) is 2. The predicted molar refractivity (Wildman–Crippen MR) is 136 cm³/mol. The molecule has 10 heteroatoms. The van der Waals surface area contributed by atoms with Gasteiger partial charge in [0, 0.05) is 42.8 Å². The summed E-state index contributed by atoms with van der Waals surface area (Å²) in [6, 6.07) is 14.1. The summed E-state index contributed by atoms with van der Waals surface area (Å²) in [6.45, 7) is 3.44. The number of aromatic nitrogens is 2. The van der Waals surface area contributed by atoms with Gasteiger partial charge in [-0.3, -0.25) is 9.78 Å². The van der Waals surface area contributed by atoms with Crippen LogP contribution >= 0.6 is 23.2 Å². The molecule has 0 atom stereocenters. The van der Waals surface area contributed by atoms with E-state index in [4.69, 9.17) is 32.9 Å². The van der Waals surface area contributed by atoms with Crippen molar-refractivity contribution >= 4 is 51.6 Å². The van der Waals surface area contributed by atoms with Gasteiger partial charge in [0.25, 0.3) is 5.91 Å². The van der Waals surface area contributed by atoms with Crippen LogP contribution in [-0.4, -0.2) is 42.1 Å². The van der Waals surface area contributed by atoms with Crippen molar-refractivity contribution in [2.75, 3.05) is 36.4 Å². The highest BCUT2D eigenvalue weighted by molar-refractivity contribution is 6.35. The molecule has 7 nitrogen and oxygen atoms in total. The minimum atomic E-state index is -0.670. The summed E-state index contributed by atoms with van der Waals surface area (Å²) in [6.07, 6.45) is 1.75. The Bertz CT molecular complexity index is 1410. The summed E-state index contributed by atoms with van der Waals surface area (Å²) in [7, 11) is 0. The average Bonchev–Trinajstić information content (AvgIpc) is 2.88. The lowest BCUT2D eigenvalue weighted by atomic mass is 10.2. The molecule has 3 aromatic carbocycles. The van der Waals surface area contributed by atoms with Crippen LogP contribution in [0, 0.1) is 5.82 Å². The third-order valence-corrected chi connectivity index (χ3v) is 6.16. The van der Waals surface area contributed by atoms with E-state index in [9.17, 15) is 9.18 Å². The molecule has 1 aromatic heterocycles. The number of piperazine rings is 1. The first-order valence-corrected chi connectivity index (χ1v) is 11.7. The first kappa shape index (κ1) is 23.3. The van der Waals surface area contributed by atoms with Crippen molar-refractivity contribution in [2.45, 2.75) is 0 Å². The number of amides is 1. The summed E-state index contributed by atoms with van der Waals surface area (Å²) < 4.78 is 20.5. The fourth-order valence-corrected chi connectivity index (χ4v) is 4.19. The molecule has 2 heterocycles. The second-order valence-electron chi connectivity index (χ2n) is 7.92. The van der Waals surface area contributed by atoms with Crippen molar-refractivity contribution in [3.05, 3.63) is 82.2 Å². The van der Waals surface area contributed by atoms with Gasteiger partial charge in [-0.05, 0) is 42.5 Å². The van der Waals surface area contributed by atoms with Crippen molar-refractivity contribution in [1.82, 2.24) is 15.3 Å². The largest absolute Gasteiger partial charge is 0.453 e. The molecule has 1 aliphatic rings. The van der Waals surface area contributed by atoms with E-state index in [-0.39, 0.29) is 16.5 Å². The van der Waals surface area contributed by atoms with Gasteiger partial charge in [0.05, 0.1) is 22.9 Å². The number of rotatable bonds is 5. The standard InChI is InChI=1S/C25H20Cl2FN5O2/c26-16-3-1-2-15(12-16)25(34)32-20-7-5-18(28)24(23(20)27)35-17-4-6-19-21(13-17)31-22(14-30-19)33-10-8-29-9-11-33/h1-7,12-14,29H,8-11H2,(H,32,34). The number of anilines is 2. The molecule has 1 saturated heterocycles. The molecule has 1 amide bonds. The molecule has 0 saturated carbocycles. The smallest absolute Gasteiger partial charge is 0.255 e. The lowest BCUT2D eigenvalue weighted by Gasteiger charge is -2.28. The highest BCUT2D eigenvalue weighted by Crippen LogP contribution is 2.38. The lowest BCUT2D eigenvalue weighted by molar-refractivity contribution is 0.102. The van der Waals surface area contributed by atoms with Crippen LogP contribution in [0.1, 0.15) is 10.4 Å². The van der Waals surface area contributed by atoms with Crippen molar-refractivity contribution in [3.63, 3.8) is 0 Å². The summed E-state index contributed by atoms with van der Waals surface area (Å²) in [5.41, 5.74) is 1.84. The molecule has 4 aromatic rings. The Hall–Kier alpha value is -3.46. The van der Waals surface area contributed by atoms with Gasteiger partial charge in [0.15, 0.2) is 11.6 Å². The predicted octanol–water partition coefficient (Wildman–Crippen LogP) is 5.53. The van der Waals surface area contributed by atoms with Crippen LogP contribution in [0.5, 0.6) is 11.5 Å². The Morgan fingerprint density at radius 2 is 1.89 bits per heavy atom. The van der Waals surface area contributed by atoms with E-state index in [1.54, 1.807) is 42.6 Å². The van der Waals surface area contributed by atoms with Crippen LogP contribution < -0.4 is 20.3 Å². The van der Waals surface area contributed by atoms with Gasteiger partial charge >= 0.3 is 0 Å². The molecule has 0 bridgehead atoms. The van der Waals surface area contributed by atoms with Gasteiger partial charge in [0.1, 0.15) is 16.6 Å². The van der Waals surface area contributed by atoms with Gasteiger partial charge in [-0.1, -0.05) is 29.3 Å². The number of nitrogens with one attached hydrogen (secondary N) is 2. The molecular formula is C25H20Cl2FN5O2. The monoisotopic (exact) mass is 511 g/mol. The number of ether oxygens (including phenoxy) is 1. The molecule has 5 rings (SSSR count). The summed E-state index contributed by atoms with van der Waals surface area (Å²) in [5, 5.41) is 6.33. The zero-order valence-corrected chi connectivity index (χ0v) is 19.9. The van der Waals surface area contributed by atoms with Crippen molar-refractivity contribution < 1.29 is 13.9 Å². The number of fused-ring (bicyclic) bond motifs is 1. The maximum atomic E-state index is 14.7. The van der Waals surface area contributed by atoms with E-state index in [2.05, 4.69) is 20.5 Å². The second-order valence-corrected chi connectivity index (χ2v) is 8.73. The SMILES string of the molecule is O=C(Nc1ccc(F)c(Oc2ccc3ncc(N4CCNCC4)nc3c2)c1Cl)c1cccc(Cl)c1.